The average molecular weight is 217 g/mol. The molecule has 0 amide bonds. The summed E-state index contributed by atoms with van der Waals surface area (Å²) in [6.45, 7) is 13.6. The summed E-state index contributed by atoms with van der Waals surface area (Å²) in [5.41, 5.74) is 6.49. The first kappa shape index (κ1) is 14.3. The van der Waals surface area contributed by atoms with E-state index in [-0.39, 0.29) is 0 Å². The topological polar surface area (TPSA) is 26.0 Å². The molecule has 0 aliphatic heterocycles. The molecular weight excluding hydrogens is 190 g/mol. The fourth-order valence-electron chi connectivity index (χ4n) is 1.51. The van der Waals surface area contributed by atoms with Gasteiger partial charge in [0, 0.05) is 16.5 Å². The van der Waals surface area contributed by atoms with Crippen molar-refractivity contribution in [3.63, 3.8) is 0 Å². The largest absolute Gasteiger partial charge is 0.327 e. The highest BCUT2D eigenvalue weighted by molar-refractivity contribution is 8.00. The highest BCUT2D eigenvalue weighted by atomic mass is 32.2. The van der Waals surface area contributed by atoms with Crippen molar-refractivity contribution >= 4 is 11.8 Å². The molecule has 3 unspecified atom stereocenters. The Morgan fingerprint density at radius 2 is 1.64 bits per heavy atom. The van der Waals surface area contributed by atoms with E-state index < -0.39 is 0 Å². The highest BCUT2D eigenvalue weighted by Gasteiger charge is 2.30. The zero-order valence-electron chi connectivity index (χ0n) is 10.6. The van der Waals surface area contributed by atoms with Crippen molar-refractivity contribution in [2.75, 3.05) is 0 Å². The van der Waals surface area contributed by atoms with Crippen molar-refractivity contribution in [2.24, 2.45) is 11.1 Å². The molecule has 86 valence electrons. The maximum absolute atomic E-state index is 6.19. The quantitative estimate of drug-likeness (QED) is 0.760. The number of thioether (sulfide) groups is 1. The Hall–Kier alpha value is 0.310. The summed E-state index contributed by atoms with van der Waals surface area (Å²) in [5.74, 6) is 0. The summed E-state index contributed by atoms with van der Waals surface area (Å²) in [5, 5.41) is 1.29. The molecule has 0 aliphatic carbocycles. The van der Waals surface area contributed by atoms with Gasteiger partial charge in [-0.15, -0.1) is 0 Å². The van der Waals surface area contributed by atoms with E-state index in [9.17, 15) is 0 Å². The average Bonchev–Trinajstić information content (AvgIpc) is 2.10. The summed E-state index contributed by atoms with van der Waals surface area (Å²) in [7, 11) is 0. The minimum absolute atomic E-state index is 0.309. The van der Waals surface area contributed by atoms with Gasteiger partial charge in [-0.25, -0.2) is 0 Å². The van der Waals surface area contributed by atoms with Gasteiger partial charge in [-0.3, -0.25) is 0 Å². The number of hydrogen-bond donors (Lipinski definition) is 1. The van der Waals surface area contributed by atoms with Crippen molar-refractivity contribution in [1.29, 1.82) is 0 Å². The minimum atomic E-state index is 0.309. The fraction of sp³-hybridized carbons (Fsp3) is 1.00. The molecule has 2 heteroatoms. The summed E-state index contributed by atoms with van der Waals surface area (Å²) in [4.78, 5) is 0. The second kappa shape index (κ2) is 6.02. The lowest BCUT2D eigenvalue weighted by Gasteiger charge is -2.36. The maximum atomic E-state index is 6.19. The molecule has 2 N–H and O–H groups in total. The number of rotatable bonds is 5. The van der Waals surface area contributed by atoms with Crippen molar-refractivity contribution in [2.45, 2.75) is 70.9 Å². The Morgan fingerprint density at radius 1 is 1.14 bits per heavy atom. The van der Waals surface area contributed by atoms with Gasteiger partial charge >= 0.3 is 0 Å². The van der Waals surface area contributed by atoms with Gasteiger partial charge in [0.05, 0.1) is 0 Å². The van der Waals surface area contributed by atoms with Crippen molar-refractivity contribution in [3.05, 3.63) is 0 Å². The molecule has 0 heterocycles. The lowest BCUT2D eigenvalue weighted by molar-refractivity contribution is 0.349. The van der Waals surface area contributed by atoms with Gasteiger partial charge < -0.3 is 5.73 Å². The van der Waals surface area contributed by atoms with Crippen LogP contribution in [-0.4, -0.2) is 16.5 Å². The standard InChI is InChI=1S/C12H27NS/c1-7-9(3)14-11(10(13)8-2)12(4,5)6/h9-11H,7-8,13H2,1-6H3. The van der Waals surface area contributed by atoms with Gasteiger partial charge in [0.15, 0.2) is 0 Å². The molecule has 0 spiro atoms. The van der Waals surface area contributed by atoms with E-state index in [0.717, 1.165) is 11.7 Å². The molecule has 0 saturated carbocycles. The van der Waals surface area contributed by atoms with Crippen LogP contribution in [0.25, 0.3) is 0 Å². The van der Waals surface area contributed by atoms with Gasteiger partial charge in [0.25, 0.3) is 0 Å². The smallest absolute Gasteiger partial charge is 0.0250 e. The number of hydrogen-bond acceptors (Lipinski definition) is 2. The van der Waals surface area contributed by atoms with Crippen LogP contribution in [0.1, 0.15) is 54.4 Å². The Balaban J connectivity index is 4.41. The normalized spacial score (nSPS) is 19.1. The summed E-state index contributed by atoms with van der Waals surface area (Å²) in [6, 6.07) is 0.328. The molecule has 0 rings (SSSR count). The lowest BCUT2D eigenvalue weighted by atomic mass is 9.87. The first-order valence-corrected chi connectivity index (χ1v) is 6.68. The van der Waals surface area contributed by atoms with E-state index >= 15 is 0 Å². The first-order valence-electron chi connectivity index (χ1n) is 5.73. The number of nitrogens with two attached hydrogens (primary N) is 1. The second-order valence-corrected chi connectivity index (χ2v) is 6.80. The monoisotopic (exact) mass is 217 g/mol. The zero-order valence-corrected chi connectivity index (χ0v) is 11.4. The third kappa shape index (κ3) is 4.70. The molecule has 14 heavy (non-hydrogen) atoms. The van der Waals surface area contributed by atoms with Gasteiger partial charge in [0.1, 0.15) is 0 Å². The minimum Gasteiger partial charge on any atom is -0.327 e. The van der Waals surface area contributed by atoms with Crippen LogP contribution in [0.3, 0.4) is 0 Å². The second-order valence-electron chi connectivity index (χ2n) is 5.21. The molecule has 0 bridgehead atoms. The van der Waals surface area contributed by atoms with Crippen LogP contribution in [0, 0.1) is 5.41 Å². The zero-order chi connectivity index (χ0) is 11.4. The Bertz CT molecular complexity index is 151. The predicted octanol–water partition coefficient (Wildman–Crippen LogP) is 3.67. The summed E-state index contributed by atoms with van der Waals surface area (Å²) < 4.78 is 0. The lowest BCUT2D eigenvalue weighted by Crippen LogP contribution is -2.41. The molecule has 0 aromatic carbocycles. The third-order valence-corrected chi connectivity index (χ3v) is 4.82. The highest BCUT2D eigenvalue weighted by Crippen LogP contribution is 2.36. The van der Waals surface area contributed by atoms with Crippen LogP contribution < -0.4 is 5.73 Å². The SMILES string of the molecule is CCC(C)SC(C(N)CC)C(C)(C)C. The fourth-order valence-corrected chi connectivity index (χ4v) is 3.00. The predicted molar refractivity (Wildman–Crippen MR) is 68.9 cm³/mol. The Labute approximate surface area is 94.2 Å². The van der Waals surface area contributed by atoms with Crippen molar-refractivity contribution < 1.29 is 0 Å². The molecule has 3 atom stereocenters. The molecule has 0 radical (unpaired) electrons. The van der Waals surface area contributed by atoms with Crippen LogP contribution in [0.4, 0.5) is 0 Å². The molecule has 0 aromatic heterocycles. The maximum Gasteiger partial charge on any atom is 0.0250 e. The van der Waals surface area contributed by atoms with Crippen LogP contribution >= 0.6 is 11.8 Å². The van der Waals surface area contributed by atoms with E-state index in [1.54, 1.807) is 0 Å². The summed E-state index contributed by atoms with van der Waals surface area (Å²) in [6.07, 6.45) is 2.30. The molecular formula is C12H27NS. The van der Waals surface area contributed by atoms with Crippen molar-refractivity contribution in [3.8, 4) is 0 Å². The van der Waals surface area contributed by atoms with E-state index in [1.165, 1.54) is 6.42 Å². The van der Waals surface area contributed by atoms with Crippen LogP contribution in [0.2, 0.25) is 0 Å². The van der Waals surface area contributed by atoms with Crippen molar-refractivity contribution in [1.82, 2.24) is 0 Å². The van der Waals surface area contributed by atoms with Crippen LogP contribution in [-0.2, 0) is 0 Å². The Morgan fingerprint density at radius 3 is 1.93 bits per heavy atom. The van der Waals surface area contributed by atoms with E-state index in [2.05, 4.69) is 53.3 Å². The van der Waals surface area contributed by atoms with Crippen LogP contribution in [0.15, 0.2) is 0 Å². The van der Waals surface area contributed by atoms with Gasteiger partial charge in [-0.2, -0.15) is 11.8 Å². The molecule has 0 fully saturated rings. The summed E-state index contributed by atoms with van der Waals surface area (Å²) >= 11 is 2.06. The van der Waals surface area contributed by atoms with E-state index in [4.69, 9.17) is 5.73 Å². The van der Waals surface area contributed by atoms with Crippen LogP contribution in [0.5, 0.6) is 0 Å². The van der Waals surface area contributed by atoms with E-state index in [0.29, 0.717) is 16.7 Å². The molecule has 0 aliphatic rings. The molecule has 0 saturated heterocycles. The van der Waals surface area contributed by atoms with E-state index in [1.807, 2.05) is 0 Å². The molecule has 0 aromatic rings. The third-order valence-electron chi connectivity index (χ3n) is 2.67. The van der Waals surface area contributed by atoms with Gasteiger partial charge in [0.2, 0.25) is 0 Å². The molecule has 1 nitrogen and oxygen atoms in total. The van der Waals surface area contributed by atoms with Gasteiger partial charge in [-0.1, -0.05) is 41.5 Å². The first-order chi connectivity index (χ1) is 6.32. The Kier molecular flexibility index (Phi) is 6.15. The van der Waals surface area contributed by atoms with Gasteiger partial charge in [-0.05, 0) is 18.3 Å².